The Morgan fingerprint density at radius 3 is 2.00 bits per heavy atom. The summed E-state index contributed by atoms with van der Waals surface area (Å²) in [5, 5.41) is 0. The highest BCUT2D eigenvalue weighted by molar-refractivity contribution is 5.91. The molecule has 0 atom stereocenters. The Labute approximate surface area is 157 Å². The van der Waals surface area contributed by atoms with Crippen LogP contribution in [-0.2, 0) is 0 Å². The smallest absolute Gasteiger partial charge is 0.179 e. The lowest BCUT2D eigenvalue weighted by Crippen LogP contribution is -1.87. The number of benzene rings is 3. The highest BCUT2D eigenvalue weighted by Gasteiger charge is 2.14. The van der Waals surface area contributed by atoms with E-state index in [0.717, 1.165) is 33.7 Å². The van der Waals surface area contributed by atoms with Gasteiger partial charge >= 0.3 is 0 Å². The first-order valence-corrected chi connectivity index (χ1v) is 8.84. The summed E-state index contributed by atoms with van der Waals surface area (Å²) in [6.45, 7) is 0. The van der Waals surface area contributed by atoms with Gasteiger partial charge < -0.3 is 4.42 Å². The van der Waals surface area contributed by atoms with Gasteiger partial charge in [0.15, 0.2) is 5.58 Å². The molecule has 0 aliphatic rings. The Balaban J connectivity index is 1.65. The van der Waals surface area contributed by atoms with Gasteiger partial charge in [0.05, 0.1) is 0 Å². The molecule has 5 aromatic rings. The van der Waals surface area contributed by atoms with Crippen LogP contribution in [0.25, 0.3) is 44.8 Å². The second-order valence-electron chi connectivity index (χ2n) is 6.36. The molecule has 5 rings (SSSR count). The number of fused-ring (bicyclic) bond motifs is 1. The number of hydrogen-bond acceptors (Lipinski definition) is 3. The quantitative estimate of drug-likeness (QED) is 0.388. The van der Waals surface area contributed by atoms with Crippen molar-refractivity contribution >= 4 is 11.1 Å². The Hall–Kier alpha value is -3.72. The maximum Gasteiger partial charge on any atom is 0.179 e. The van der Waals surface area contributed by atoms with E-state index >= 15 is 0 Å². The van der Waals surface area contributed by atoms with E-state index in [2.05, 4.69) is 40.3 Å². The van der Waals surface area contributed by atoms with Gasteiger partial charge in [0.2, 0.25) is 0 Å². The van der Waals surface area contributed by atoms with Crippen molar-refractivity contribution in [2.75, 3.05) is 0 Å². The minimum atomic E-state index is 0.710. The fourth-order valence-corrected chi connectivity index (χ4v) is 3.28. The lowest BCUT2D eigenvalue weighted by molar-refractivity contribution is 0.630. The van der Waals surface area contributed by atoms with E-state index in [4.69, 9.17) is 4.42 Å². The van der Waals surface area contributed by atoms with Crippen molar-refractivity contribution in [2.45, 2.75) is 0 Å². The SMILES string of the molecule is c1ccc(-c2cccc(-c3ncnc4cc(-c5ccccc5)oc34)c2)cc1. The molecule has 0 bridgehead atoms. The number of rotatable bonds is 3. The van der Waals surface area contributed by atoms with Crippen LogP contribution in [0.4, 0.5) is 0 Å². The highest BCUT2D eigenvalue weighted by Crippen LogP contribution is 2.33. The molecule has 2 heterocycles. The summed E-state index contributed by atoms with van der Waals surface area (Å²) in [4.78, 5) is 8.90. The second-order valence-corrected chi connectivity index (χ2v) is 6.36. The largest absolute Gasteiger partial charge is 0.452 e. The molecule has 0 aliphatic heterocycles. The average molecular weight is 348 g/mol. The van der Waals surface area contributed by atoms with E-state index in [1.54, 1.807) is 6.33 Å². The molecule has 128 valence electrons. The molecule has 0 amide bonds. The van der Waals surface area contributed by atoms with E-state index in [1.165, 1.54) is 5.56 Å². The predicted octanol–water partition coefficient (Wildman–Crippen LogP) is 6.22. The third kappa shape index (κ3) is 2.89. The summed E-state index contributed by atoms with van der Waals surface area (Å²) in [7, 11) is 0. The van der Waals surface area contributed by atoms with Crippen LogP contribution in [0.15, 0.2) is 102 Å². The van der Waals surface area contributed by atoms with Gasteiger partial charge in [0.1, 0.15) is 23.3 Å². The van der Waals surface area contributed by atoms with Gasteiger partial charge in [-0.25, -0.2) is 9.97 Å². The topological polar surface area (TPSA) is 38.9 Å². The van der Waals surface area contributed by atoms with Crippen LogP contribution in [0.1, 0.15) is 0 Å². The van der Waals surface area contributed by atoms with Crippen LogP contribution in [0.3, 0.4) is 0 Å². The third-order valence-corrected chi connectivity index (χ3v) is 4.61. The van der Waals surface area contributed by atoms with Crippen LogP contribution in [0, 0.1) is 0 Å². The molecule has 0 saturated heterocycles. The van der Waals surface area contributed by atoms with Gasteiger partial charge in [-0.15, -0.1) is 0 Å². The standard InChI is InChI=1S/C24H16N2O/c1-3-8-17(9-4-1)19-12-7-13-20(14-19)23-24-21(25-16-26-23)15-22(27-24)18-10-5-2-6-11-18/h1-16H. The molecule has 0 radical (unpaired) electrons. The molecule has 0 fully saturated rings. The van der Waals surface area contributed by atoms with Crippen LogP contribution in [0.5, 0.6) is 0 Å². The van der Waals surface area contributed by atoms with Crippen molar-refractivity contribution in [2.24, 2.45) is 0 Å². The number of aromatic nitrogens is 2. The monoisotopic (exact) mass is 348 g/mol. The van der Waals surface area contributed by atoms with Gasteiger partial charge in [0.25, 0.3) is 0 Å². The number of nitrogens with zero attached hydrogens (tertiary/aromatic N) is 2. The van der Waals surface area contributed by atoms with Crippen molar-refractivity contribution < 1.29 is 4.42 Å². The maximum atomic E-state index is 6.16. The summed E-state index contributed by atoms with van der Waals surface area (Å²) in [5.41, 5.74) is 6.69. The Morgan fingerprint density at radius 2 is 1.22 bits per heavy atom. The summed E-state index contributed by atoms with van der Waals surface area (Å²) in [6.07, 6.45) is 1.59. The van der Waals surface area contributed by atoms with E-state index < -0.39 is 0 Å². The lowest BCUT2D eigenvalue weighted by atomic mass is 10.0. The minimum Gasteiger partial charge on any atom is -0.452 e. The fourth-order valence-electron chi connectivity index (χ4n) is 3.28. The summed E-state index contributed by atoms with van der Waals surface area (Å²) in [6, 6.07) is 30.7. The van der Waals surface area contributed by atoms with Crippen LogP contribution in [-0.4, -0.2) is 9.97 Å². The third-order valence-electron chi connectivity index (χ3n) is 4.61. The van der Waals surface area contributed by atoms with E-state index in [0.29, 0.717) is 5.58 Å². The van der Waals surface area contributed by atoms with E-state index in [9.17, 15) is 0 Å². The normalized spacial score (nSPS) is 11.0. The first-order valence-electron chi connectivity index (χ1n) is 8.84. The molecule has 3 nitrogen and oxygen atoms in total. The predicted molar refractivity (Wildman–Crippen MR) is 108 cm³/mol. The molecule has 0 unspecified atom stereocenters. The minimum absolute atomic E-state index is 0.710. The van der Waals surface area contributed by atoms with Crippen molar-refractivity contribution in [3.63, 3.8) is 0 Å². The van der Waals surface area contributed by atoms with Gasteiger partial charge in [-0.1, -0.05) is 78.9 Å². The molecular weight excluding hydrogens is 332 g/mol. The summed E-state index contributed by atoms with van der Waals surface area (Å²) >= 11 is 0. The summed E-state index contributed by atoms with van der Waals surface area (Å²) in [5.74, 6) is 0.798. The number of furan rings is 1. The van der Waals surface area contributed by atoms with Crippen LogP contribution in [0.2, 0.25) is 0 Å². The molecule has 0 saturated carbocycles. The van der Waals surface area contributed by atoms with Crippen molar-refractivity contribution in [3.8, 4) is 33.7 Å². The average Bonchev–Trinajstić information content (AvgIpc) is 3.20. The van der Waals surface area contributed by atoms with E-state index in [-0.39, 0.29) is 0 Å². The zero-order valence-electron chi connectivity index (χ0n) is 14.5. The molecule has 3 heteroatoms. The summed E-state index contributed by atoms with van der Waals surface area (Å²) < 4.78 is 6.16. The molecule has 27 heavy (non-hydrogen) atoms. The molecule has 3 aromatic carbocycles. The number of hydrogen-bond donors (Lipinski definition) is 0. The van der Waals surface area contributed by atoms with Crippen LogP contribution >= 0.6 is 0 Å². The van der Waals surface area contributed by atoms with Gasteiger partial charge in [-0.2, -0.15) is 0 Å². The zero-order valence-corrected chi connectivity index (χ0v) is 14.5. The zero-order chi connectivity index (χ0) is 18.1. The molecule has 2 aromatic heterocycles. The fraction of sp³-hybridized carbons (Fsp3) is 0. The first-order chi connectivity index (χ1) is 13.4. The second kappa shape index (κ2) is 6.54. The molecule has 0 aliphatic carbocycles. The van der Waals surface area contributed by atoms with Gasteiger partial charge in [-0.3, -0.25) is 0 Å². The Bertz CT molecular complexity index is 1210. The lowest BCUT2D eigenvalue weighted by Gasteiger charge is -2.05. The molecule has 0 spiro atoms. The van der Waals surface area contributed by atoms with Gasteiger partial charge in [-0.05, 0) is 17.2 Å². The highest BCUT2D eigenvalue weighted by atomic mass is 16.3. The Morgan fingerprint density at radius 1 is 0.556 bits per heavy atom. The van der Waals surface area contributed by atoms with E-state index in [1.807, 2.05) is 60.7 Å². The molecule has 0 N–H and O–H groups in total. The first kappa shape index (κ1) is 15.5. The van der Waals surface area contributed by atoms with Crippen LogP contribution < -0.4 is 0 Å². The molecular formula is C24H16N2O. The van der Waals surface area contributed by atoms with Crippen molar-refractivity contribution in [3.05, 3.63) is 97.3 Å². The van der Waals surface area contributed by atoms with Gasteiger partial charge in [0, 0.05) is 17.2 Å². The Kier molecular flexibility index (Phi) is 3.76. The van der Waals surface area contributed by atoms with Crippen molar-refractivity contribution in [1.29, 1.82) is 0 Å². The maximum absolute atomic E-state index is 6.16. The van der Waals surface area contributed by atoms with Crippen molar-refractivity contribution in [1.82, 2.24) is 9.97 Å².